The number of rotatable bonds is 8. The molecule has 0 atom stereocenters. The molecule has 0 fully saturated rings. The Hall–Kier alpha value is -3.21. The number of amides is 1. The van der Waals surface area contributed by atoms with E-state index in [1.165, 1.54) is 5.56 Å². The highest BCUT2D eigenvalue weighted by molar-refractivity contribution is 5.92. The van der Waals surface area contributed by atoms with Crippen LogP contribution in [-0.4, -0.2) is 33.9 Å². The Labute approximate surface area is 166 Å². The Morgan fingerprint density at radius 3 is 1.89 bits per heavy atom. The third-order valence-electron chi connectivity index (χ3n) is 4.66. The van der Waals surface area contributed by atoms with Crippen LogP contribution in [0.4, 0.5) is 5.82 Å². The van der Waals surface area contributed by atoms with Crippen LogP contribution < -0.4 is 4.90 Å². The lowest BCUT2D eigenvalue weighted by atomic mass is 10.2. The van der Waals surface area contributed by atoms with E-state index in [-0.39, 0.29) is 5.91 Å². The second-order valence-electron chi connectivity index (χ2n) is 6.56. The summed E-state index contributed by atoms with van der Waals surface area (Å²) in [5.41, 5.74) is 2.69. The van der Waals surface area contributed by atoms with Crippen molar-refractivity contribution in [2.45, 2.75) is 26.9 Å². The van der Waals surface area contributed by atoms with Crippen LogP contribution >= 0.6 is 0 Å². The summed E-state index contributed by atoms with van der Waals surface area (Å²) in [6, 6.07) is 20.2. The molecule has 28 heavy (non-hydrogen) atoms. The van der Waals surface area contributed by atoms with Gasteiger partial charge in [0.15, 0.2) is 0 Å². The third kappa shape index (κ3) is 4.94. The van der Waals surface area contributed by atoms with Crippen LogP contribution in [0.1, 0.15) is 35.5 Å². The average molecular weight is 374 g/mol. The highest BCUT2D eigenvalue weighted by Crippen LogP contribution is 2.15. The van der Waals surface area contributed by atoms with E-state index in [0.29, 0.717) is 18.8 Å². The van der Waals surface area contributed by atoms with E-state index in [9.17, 15) is 4.79 Å². The predicted octanol–water partition coefficient (Wildman–Crippen LogP) is 4.17. The van der Waals surface area contributed by atoms with Gasteiger partial charge in [0.25, 0.3) is 5.91 Å². The van der Waals surface area contributed by atoms with Crippen molar-refractivity contribution < 1.29 is 4.79 Å². The van der Waals surface area contributed by atoms with Crippen molar-refractivity contribution in [2.75, 3.05) is 18.0 Å². The quantitative estimate of drug-likeness (QED) is 0.594. The molecule has 5 nitrogen and oxygen atoms in total. The highest BCUT2D eigenvalue weighted by Gasteiger charge is 2.17. The second-order valence-corrected chi connectivity index (χ2v) is 6.56. The molecule has 0 saturated heterocycles. The summed E-state index contributed by atoms with van der Waals surface area (Å²) in [5.74, 6) is 0.672. The maximum absolute atomic E-state index is 12.8. The number of aromatic nitrogens is 2. The molecule has 0 saturated carbocycles. The monoisotopic (exact) mass is 374 g/mol. The minimum Gasteiger partial charge on any atom is -0.351 e. The van der Waals surface area contributed by atoms with E-state index in [1.54, 1.807) is 17.3 Å². The molecule has 1 amide bonds. The molecule has 0 aliphatic carbocycles. The van der Waals surface area contributed by atoms with Crippen molar-refractivity contribution in [3.05, 3.63) is 89.9 Å². The SMILES string of the molecule is CCN(Cc1ccccc1)C(=O)c1cnc(N(CC)Cc2ccccc2)cn1. The Bertz CT molecular complexity index is 866. The van der Waals surface area contributed by atoms with Gasteiger partial charge in [-0.2, -0.15) is 0 Å². The number of benzene rings is 2. The minimum absolute atomic E-state index is 0.100. The summed E-state index contributed by atoms with van der Waals surface area (Å²) in [6.07, 6.45) is 3.27. The van der Waals surface area contributed by atoms with Crippen molar-refractivity contribution in [3.63, 3.8) is 0 Å². The molecule has 144 valence electrons. The molecular weight excluding hydrogens is 348 g/mol. The zero-order chi connectivity index (χ0) is 19.8. The Morgan fingerprint density at radius 2 is 1.39 bits per heavy atom. The second kappa shape index (κ2) is 9.65. The maximum Gasteiger partial charge on any atom is 0.274 e. The first kappa shape index (κ1) is 19.5. The van der Waals surface area contributed by atoms with Gasteiger partial charge in [0, 0.05) is 26.2 Å². The molecule has 5 heteroatoms. The minimum atomic E-state index is -0.100. The highest BCUT2D eigenvalue weighted by atomic mass is 16.2. The van der Waals surface area contributed by atoms with Gasteiger partial charge in [0.05, 0.1) is 12.4 Å². The molecule has 0 aliphatic heterocycles. The van der Waals surface area contributed by atoms with Crippen molar-refractivity contribution in [3.8, 4) is 0 Å². The van der Waals surface area contributed by atoms with Crippen molar-refractivity contribution in [2.24, 2.45) is 0 Å². The molecule has 1 aromatic heterocycles. The van der Waals surface area contributed by atoms with E-state index in [1.807, 2.05) is 55.5 Å². The third-order valence-corrected chi connectivity index (χ3v) is 4.66. The first-order chi connectivity index (χ1) is 13.7. The maximum atomic E-state index is 12.8. The van der Waals surface area contributed by atoms with Gasteiger partial charge in [-0.05, 0) is 25.0 Å². The number of carbonyl (C=O) groups is 1. The van der Waals surface area contributed by atoms with Crippen LogP contribution in [0.15, 0.2) is 73.1 Å². The predicted molar refractivity (Wildman–Crippen MR) is 112 cm³/mol. The number of carbonyl (C=O) groups excluding carboxylic acids is 1. The van der Waals surface area contributed by atoms with Gasteiger partial charge >= 0.3 is 0 Å². The molecule has 2 aromatic carbocycles. The summed E-state index contributed by atoms with van der Waals surface area (Å²) < 4.78 is 0. The molecule has 3 aromatic rings. The fourth-order valence-electron chi connectivity index (χ4n) is 3.05. The normalized spacial score (nSPS) is 10.5. The first-order valence-electron chi connectivity index (χ1n) is 9.65. The summed E-state index contributed by atoms with van der Waals surface area (Å²) >= 11 is 0. The molecule has 1 heterocycles. The van der Waals surface area contributed by atoms with Crippen LogP contribution in [0, 0.1) is 0 Å². The smallest absolute Gasteiger partial charge is 0.274 e. The van der Waals surface area contributed by atoms with Gasteiger partial charge < -0.3 is 9.80 Å². The Kier molecular flexibility index (Phi) is 6.73. The van der Waals surface area contributed by atoms with E-state index in [0.717, 1.165) is 24.5 Å². The molecule has 0 unspecified atom stereocenters. The van der Waals surface area contributed by atoms with E-state index in [4.69, 9.17) is 0 Å². The molecular formula is C23H26N4O. The van der Waals surface area contributed by atoms with E-state index >= 15 is 0 Å². The fourth-order valence-corrected chi connectivity index (χ4v) is 3.05. The standard InChI is InChI=1S/C23H26N4O/c1-3-26(17-19-11-7-5-8-12-19)22-16-24-21(15-25-22)23(28)27(4-2)18-20-13-9-6-10-14-20/h5-16H,3-4,17-18H2,1-2H3. The van der Waals surface area contributed by atoms with Crippen molar-refractivity contribution in [1.29, 1.82) is 0 Å². The van der Waals surface area contributed by atoms with Crippen molar-refractivity contribution in [1.82, 2.24) is 14.9 Å². The van der Waals surface area contributed by atoms with Gasteiger partial charge in [-0.25, -0.2) is 9.97 Å². The topological polar surface area (TPSA) is 49.3 Å². The summed E-state index contributed by atoms with van der Waals surface area (Å²) in [7, 11) is 0. The summed E-state index contributed by atoms with van der Waals surface area (Å²) in [5, 5.41) is 0. The molecule has 0 spiro atoms. The van der Waals surface area contributed by atoms with Gasteiger partial charge in [-0.3, -0.25) is 4.79 Å². The molecule has 0 aliphatic rings. The lowest BCUT2D eigenvalue weighted by Crippen LogP contribution is -2.31. The summed E-state index contributed by atoms with van der Waals surface area (Å²) in [4.78, 5) is 25.7. The molecule has 0 radical (unpaired) electrons. The lowest BCUT2D eigenvalue weighted by molar-refractivity contribution is 0.0746. The Balaban J connectivity index is 1.70. The van der Waals surface area contributed by atoms with Crippen LogP contribution in [0.5, 0.6) is 0 Å². The van der Waals surface area contributed by atoms with Crippen LogP contribution in [-0.2, 0) is 13.1 Å². The summed E-state index contributed by atoms with van der Waals surface area (Å²) in [6.45, 7) is 6.81. The van der Waals surface area contributed by atoms with E-state index < -0.39 is 0 Å². The Morgan fingerprint density at radius 1 is 0.786 bits per heavy atom. The molecule has 3 rings (SSSR count). The van der Waals surface area contributed by atoms with Crippen molar-refractivity contribution >= 4 is 11.7 Å². The number of hydrogen-bond donors (Lipinski definition) is 0. The zero-order valence-corrected chi connectivity index (χ0v) is 16.5. The van der Waals surface area contributed by atoms with Gasteiger partial charge in [-0.1, -0.05) is 60.7 Å². The first-order valence-corrected chi connectivity index (χ1v) is 9.65. The van der Waals surface area contributed by atoms with Gasteiger partial charge in [0.1, 0.15) is 11.5 Å². The van der Waals surface area contributed by atoms with Crippen LogP contribution in [0.2, 0.25) is 0 Å². The number of anilines is 1. The van der Waals surface area contributed by atoms with Gasteiger partial charge in [-0.15, -0.1) is 0 Å². The van der Waals surface area contributed by atoms with Crippen LogP contribution in [0.3, 0.4) is 0 Å². The lowest BCUT2D eigenvalue weighted by Gasteiger charge is -2.23. The molecule has 0 N–H and O–H groups in total. The molecule has 0 bridgehead atoms. The fraction of sp³-hybridized carbons (Fsp3) is 0.261. The largest absolute Gasteiger partial charge is 0.351 e. The zero-order valence-electron chi connectivity index (χ0n) is 16.5. The van der Waals surface area contributed by atoms with Crippen LogP contribution in [0.25, 0.3) is 0 Å². The van der Waals surface area contributed by atoms with E-state index in [2.05, 4.69) is 33.9 Å². The number of nitrogens with zero attached hydrogens (tertiary/aromatic N) is 4. The number of hydrogen-bond acceptors (Lipinski definition) is 4. The average Bonchev–Trinajstić information content (AvgIpc) is 2.77. The van der Waals surface area contributed by atoms with Gasteiger partial charge in [0.2, 0.25) is 0 Å².